The van der Waals surface area contributed by atoms with Crippen molar-refractivity contribution in [2.45, 2.75) is 6.92 Å². The molecule has 0 fully saturated rings. The molecule has 1 aromatic carbocycles. The average Bonchev–Trinajstić information content (AvgIpc) is 2.28. The molecule has 1 rings (SSSR count). The monoisotopic (exact) mass is 226 g/mol. The molecule has 0 unspecified atom stereocenters. The zero-order chi connectivity index (χ0) is 12.0. The van der Waals surface area contributed by atoms with E-state index < -0.39 is 5.97 Å². The predicted molar refractivity (Wildman–Crippen MR) is 57.3 cm³/mol. The minimum absolute atomic E-state index is 0.378. The van der Waals surface area contributed by atoms with Crippen molar-refractivity contribution in [3.8, 4) is 17.2 Å². The molecule has 0 amide bonds. The van der Waals surface area contributed by atoms with Crippen molar-refractivity contribution in [3.63, 3.8) is 0 Å². The van der Waals surface area contributed by atoms with E-state index in [0.29, 0.717) is 23.9 Å². The second-order valence-electron chi connectivity index (χ2n) is 2.93. The summed E-state index contributed by atoms with van der Waals surface area (Å²) in [7, 11) is 1.51. The van der Waals surface area contributed by atoms with Gasteiger partial charge in [0.05, 0.1) is 13.7 Å². The normalized spacial score (nSPS) is 9.62. The van der Waals surface area contributed by atoms with E-state index in [9.17, 15) is 4.79 Å². The first kappa shape index (κ1) is 12.2. The number of hydrogen-bond donors (Lipinski definition) is 1. The van der Waals surface area contributed by atoms with Crippen molar-refractivity contribution in [3.05, 3.63) is 18.2 Å². The molecule has 0 saturated carbocycles. The third kappa shape index (κ3) is 3.34. The Balaban J connectivity index is 2.77. The van der Waals surface area contributed by atoms with Crippen molar-refractivity contribution in [1.29, 1.82) is 0 Å². The topological polar surface area (TPSA) is 65.0 Å². The molecule has 0 aliphatic carbocycles. The van der Waals surface area contributed by atoms with E-state index in [1.165, 1.54) is 7.11 Å². The minimum Gasteiger partial charge on any atom is -0.493 e. The van der Waals surface area contributed by atoms with Crippen molar-refractivity contribution in [1.82, 2.24) is 0 Å². The number of rotatable bonds is 6. The molecule has 0 aliphatic rings. The number of carboxylic acids is 1. The highest BCUT2D eigenvalue weighted by molar-refractivity contribution is 5.68. The second kappa shape index (κ2) is 5.85. The van der Waals surface area contributed by atoms with E-state index in [2.05, 4.69) is 0 Å². The Morgan fingerprint density at radius 1 is 1.31 bits per heavy atom. The number of methoxy groups -OCH3 is 1. The highest BCUT2D eigenvalue weighted by atomic mass is 16.5. The van der Waals surface area contributed by atoms with Gasteiger partial charge in [-0.1, -0.05) is 0 Å². The Hall–Kier alpha value is -1.91. The van der Waals surface area contributed by atoms with Gasteiger partial charge in [0.2, 0.25) is 0 Å². The van der Waals surface area contributed by atoms with Gasteiger partial charge in [-0.05, 0) is 19.1 Å². The molecular weight excluding hydrogens is 212 g/mol. The predicted octanol–water partition coefficient (Wildman–Crippen LogP) is 1.56. The quantitative estimate of drug-likeness (QED) is 0.797. The molecule has 88 valence electrons. The van der Waals surface area contributed by atoms with Crippen LogP contribution in [0.1, 0.15) is 6.92 Å². The molecule has 0 aromatic heterocycles. The van der Waals surface area contributed by atoms with E-state index in [1.807, 2.05) is 6.92 Å². The Morgan fingerprint density at radius 3 is 2.62 bits per heavy atom. The summed E-state index contributed by atoms with van der Waals surface area (Å²) < 4.78 is 15.4. The first-order valence-electron chi connectivity index (χ1n) is 4.82. The number of hydrogen-bond acceptors (Lipinski definition) is 4. The van der Waals surface area contributed by atoms with E-state index in [4.69, 9.17) is 19.3 Å². The van der Waals surface area contributed by atoms with Crippen molar-refractivity contribution in [2.75, 3.05) is 20.3 Å². The van der Waals surface area contributed by atoms with Gasteiger partial charge in [-0.15, -0.1) is 0 Å². The van der Waals surface area contributed by atoms with Crippen LogP contribution in [-0.4, -0.2) is 31.4 Å². The van der Waals surface area contributed by atoms with Crippen LogP contribution in [0.25, 0.3) is 0 Å². The van der Waals surface area contributed by atoms with Gasteiger partial charge in [0.1, 0.15) is 5.75 Å². The number of carboxylic acid groups (broad SMARTS) is 1. The van der Waals surface area contributed by atoms with Gasteiger partial charge in [-0.3, -0.25) is 0 Å². The molecule has 5 nitrogen and oxygen atoms in total. The summed E-state index contributed by atoms with van der Waals surface area (Å²) >= 11 is 0. The Bertz CT molecular complexity index is 361. The fourth-order valence-corrected chi connectivity index (χ4v) is 1.16. The highest BCUT2D eigenvalue weighted by Crippen LogP contribution is 2.31. The maximum absolute atomic E-state index is 10.3. The lowest BCUT2D eigenvalue weighted by molar-refractivity contribution is -0.139. The van der Waals surface area contributed by atoms with Crippen LogP contribution in [0, 0.1) is 0 Å². The fraction of sp³-hybridized carbons (Fsp3) is 0.364. The zero-order valence-electron chi connectivity index (χ0n) is 9.23. The second-order valence-corrected chi connectivity index (χ2v) is 2.93. The molecule has 0 heterocycles. The summed E-state index contributed by atoms with van der Waals surface area (Å²) in [6.45, 7) is 2.02. The smallest absolute Gasteiger partial charge is 0.341 e. The van der Waals surface area contributed by atoms with Crippen LogP contribution in [-0.2, 0) is 4.79 Å². The van der Waals surface area contributed by atoms with Crippen molar-refractivity contribution in [2.24, 2.45) is 0 Å². The van der Waals surface area contributed by atoms with Crippen LogP contribution in [0.3, 0.4) is 0 Å². The van der Waals surface area contributed by atoms with E-state index in [0.717, 1.165) is 0 Å². The lowest BCUT2D eigenvalue weighted by Crippen LogP contribution is -2.09. The van der Waals surface area contributed by atoms with Crippen LogP contribution < -0.4 is 14.2 Å². The molecule has 0 radical (unpaired) electrons. The third-order valence-electron chi connectivity index (χ3n) is 1.80. The number of aliphatic carboxylic acids is 1. The highest BCUT2D eigenvalue weighted by Gasteiger charge is 2.06. The standard InChI is InChI=1S/C11H14O5/c1-3-15-9-5-4-8(6-10(9)14-2)16-7-11(12)13/h4-6H,3,7H2,1-2H3,(H,12,13). The van der Waals surface area contributed by atoms with Gasteiger partial charge in [-0.2, -0.15) is 0 Å². The molecule has 0 atom stereocenters. The van der Waals surface area contributed by atoms with Gasteiger partial charge in [0.15, 0.2) is 18.1 Å². The fourth-order valence-electron chi connectivity index (χ4n) is 1.16. The first-order chi connectivity index (χ1) is 7.67. The number of ether oxygens (including phenoxy) is 3. The van der Waals surface area contributed by atoms with Crippen LogP contribution in [0.4, 0.5) is 0 Å². The minimum atomic E-state index is -1.02. The molecule has 16 heavy (non-hydrogen) atoms. The van der Waals surface area contributed by atoms with Gasteiger partial charge in [-0.25, -0.2) is 4.79 Å². The summed E-state index contributed by atoms with van der Waals surface area (Å²) in [5, 5.41) is 8.46. The Kier molecular flexibility index (Phi) is 4.44. The molecule has 5 heteroatoms. The maximum atomic E-state index is 10.3. The largest absolute Gasteiger partial charge is 0.493 e. The van der Waals surface area contributed by atoms with Gasteiger partial charge in [0, 0.05) is 6.07 Å². The van der Waals surface area contributed by atoms with Crippen molar-refractivity contribution >= 4 is 5.97 Å². The summed E-state index contributed by atoms with van der Waals surface area (Å²) in [5.41, 5.74) is 0. The lowest BCUT2D eigenvalue weighted by Gasteiger charge is -2.10. The molecule has 0 saturated heterocycles. The molecule has 0 aliphatic heterocycles. The van der Waals surface area contributed by atoms with Crippen LogP contribution in [0.2, 0.25) is 0 Å². The summed E-state index contributed by atoms with van der Waals surface area (Å²) in [4.78, 5) is 10.3. The lowest BCUT2D eigenvalue weighted by atomic mass is 10.3. The maximum Gasteiger partial charge on any atom is 0.341 e. The molecular formula is C11H14O5. The number of benzene rings is 1. The summed E-state index contributed by atoms with van der Waals surface area (Å²) in [6, 6.07) is 4.91. The van der Waals surface area contributed by atoms with Crippen LogP contribution in [0.15, 0.2) is 18.2 Å². The summed E-state index contributed by atoms with van der Waals surface area (Å²) in [5.74, 6) is 0.535. The zero-order valence-corrected chi connectivity index (χ0v) is 9.23. The van der Waals surface area contributed by atoms with E-state index in [-0.39, 0.29) is 6.61 Å². The van der Waals surface area contributed by atoms with E-state index >= 15 is 0 Å². The first-order valence-corrected chi connectivity index (χ1v) is 4.82. The van der Waals surface area contributed by atoms with Gasteiger partial charge >= 0.3 is 5.97 Å². The van der Waals surface area contributed by atoms with Crippen LogP contribution in [0.5, 0.6) is 17.2 Å². The van der Waals surface area contributed by atoms with Crippen LogP contribution >= 0.6 is 0 Å². The molecule has 0 bridgehead atoms. The number of carbonyl (C=O) groups is 1. The SMILES string of the molecule is CCOc1ccc(OCC(=O)O)cc1OC. The third-order valence-corrected chi connectivity index (χ3v) is 1.80. The molecule has 1 aromatic rings. The van der Waals surface area contributed by atoms with Gasteiger partial charge < -0.3 is 19.3 Å². The Labute approximate surface area is 93.6 Å². The summed E-state index contributed by atoms with van der Waals surface area (Å²) in [6.07, 6.45) is 0. The van der Waals surface area contributed by atoms with Gasteiger partial charge in [0.25, 0.3) is 0 Å². The van der Waals surface area contributed by atoms with E-state index in [1.54, 1.807) is 18.2 Å². The molecule has 0 spiro atoms. The van der Waals surface area contributed by atoms with Crippen molar-refractivity contribution < 1.29 is 24.1 Å². The Morgan fingerprint density at radius 2 is 2.06 bits per heavy atom. The average molecular weight is 226 g/mol. The molecule has 1 N–H and O–H groups in total.